The molecular weight excluding hydrogens is 580 g/mol. The summed E-state index contributed by atoms with van der Waals surface area (Å²) < 4.78 is 27.8. The van der Waals surface area contributed by atoms with Gasteiger partial charge in [0.25, 0.3) is 0 Å². The summed E-state index contributed by atoms with van der Waals surface area (Å²) in [5, 5.41) is 101. The van der Waals surface area contributed by atoms with Gasteiger partial charge in [-0.3, -0.25) is 4.79 Å². The van der Waals surface area contributed by atoms with E-state index < -0.39 is 113 Å². The van der Waals surface area contributed by atoms with Gasteiger partial charge in [-0.1, -0.05) is 0 Å². The van der Waals surface area contributed by atoms with Gasteiger partial charge in [0.1, 0.15) is 65.2 Å². The van der Waals surface area contributed by atoms with Crippen LogP contribution in [0.4, 0.5) is 0 Å². The molecule has 2 fully saturated rings. The van der Waals surface area contributed by atoms with Crippen LogP contribution in [0.2, 0.25) is 0 Å². The van der Waals surface area contributed by atoms with Crippen molar-refractivity contribution in [3.8, 4) is 40.1 Å². The van der Waals surface area contributed by atoms with E-state index >= 15 is 0 Å². The third kappa shape index (κ3) is 5.67. The Hall–Kier alpha value is -3.71. The topological polar surface area (TPSA) is 269 Å². The Bertz CT molecular complexity index is 1540. The maximum Gasteiger partial charge on any atom is 0.239 e. The predicted octanol–water partition coefficient (Wildman–Crippen LogP) is -1.69. The minimum absolute atomic E-state index is 0.0313. The highest BCUT2D eigenvalue weighted by atomic mass is 16.7. The second-order valence-corrected chi connectivity index (χ2v) is 10.3. The monoisotopic (exact) mass is 610 g/mol. The number of aliphatic hydroxyl groups is 6. The fourth-order valence-corrected chi connectivity index (χ4v) is 4.84. The summed E-state index contributed by atoms with van der Waals surface area (Å²) in [7, 11) is 0. The van der Waals surface area contributed by atoms with Crippen molar-refractivity contribution in [2.75, 3.05) is 6.61 Å². The quantitative estimate of drug-likeness (QED) is 0.140. The summed E-state index contributed by atoms with van der Waals surface area (Å²) in [4.78, 5) is 13.6. The van der Waals surface area contributed by atoms with E-state index in [9.17, 15) is 55.9 Å². The summed E-state index contributed by atoms with van der Waals surface area (Å²) in [6, 6.07) is 5.24. The van der Waals surface area contributed by atoms with Gasteiger partial charge in [0.05, 0.1) is 12.7 Å². The van der Waals surface area contributed by atoms with Crippen LogP contribution in [-0.4, -0.2) is 119 Å². The maximum atomic E-state index is 13.6. The number of hydrogen-bond acceptors (Lipinski definition) is 16. The fraction of sp³-hybridized carbons (Fsp3) is 0.444. The number of rotatable bonds is 6. The van der Waals surface area contributed by atoms with Gasteiger partial charge in [-0.25, -0.2) is 0 Å². The van der Waals surface area contributed by atoms with Crippen molar-refractivity contribution in [3.05, 3.63) is 40.6 Å². The summed E-state index contributed by atoms with van der Waals surface area (Å²) in [6.07, 6.45) is -16.2. The van der Waals surface area contributed by atoms with Gasteiger partial charge in [-0.05, 0) is 25.1 Å². The first-order chi connectivity index (χ1) is 20.3. The largest absolute Gasteiger partial charge is 0.508 e. The molecule has 10 atom stereocenters. The number of fused-ring (bicyclic) bond motifs is 1. The Kier molecular flexibility index (Phi) is 8.41. The van der Waals surface area contributed by atoms with E-state index in [2.05, 4.69) is 0 Å². The molecule has 2 aliphatic rings. The van der Waals surface area contributed by atoms with Crippen molar-refractivity contribution in [1.82, 2.24) is 0 Å². The van der Waals surface area contributed by atoms with Crippen LogP contribution in [0.15, 0.2) is 39.5 Å². The molecule has 0 radical (unpaired) electrons. The lowest BCUT2D eigenvalue weighted by Crippen LogP contribution is -2.61. The van der Waals surface area contributed by atoms with E-state index in [0.29, 0.717) is 0 Å². The van der Waals surface area contributed by atoms with Crippen molar-refractivity contribution in [2.45, 2.75) is 68.3 Å². The number of benzene rings is 2. The molecule has 0 amide bonds. The Balaban J connectivity index is 1.48. The molecular formula is C27H30O16. The van der Waals surface area contributed by atoms with E-state index in [1.165, 1.54) is 13.0 Å². The first-order valence-corrected chi connectivity index (χ1v) is 13.0. The molecule has 0 spiro atoms. The number of ether oxygens (including phenoxy) is 4. The maximum absolute atomic E-state index is 13.6. The summed E-state index contributed by atoms with van der Waals surface area (Å²) in [5.74, 6) is -3.33. The molecule has 2 aromatic carbocycles. The molecule has 0 aliphatic carbocycles. The smallest absolute Gasteiger partial charge is 0.239 e. The normalized spacial score (nSPS) is 33.0. The number of phenolic OH excluding ortho intramolecular Hbond substituents is 4. The third-order valence-electron chi connectivity index (χ3n) is 7.29. The lowest BCUT2D eigenvalue weighted by Gasteiger charge is -2.42. The molecule has 0 bridgehead atoms. The highest BCUT2D eigenvalue weighted by molar-refractivity contribution is 5.88. The summed E-state index contributed by atoms with van der Waals surface area (Å²) in [5.41, 5.74) is -1.35. The van der Waals surface area contributed by atoms with Crippen LogP contribution in [0.25, 0.3) is 22.3 Å². The fourth-order valence-electron chi connectivity index (χ4n) is 4.84. The standard InChI is InChI=1S/C27H30O16/c1-8-17(32)20(35)22(37)26(40-8)39-7-15-18(33)21(36)23(38)27(42-15)43-25-19(34)16-13(31)5-10(28)6-14(16)41-24(25)9-2-3-11(29)12(30)4-9/h2-6,8,15,17-18,20-23,26-33,35-38H,7H2,1H3/t8-,15-,17-,18+,20+,21+,22+,23-,26+,27-/m0/s1. The highest BCUT2D eigenvalue weighted by Crippen LogP contribution is 2.39. The van der Waals surface area contributed by atoms with Crippen LogP contribution in [0.1, 0.15) is 6.92 Å². The third-order valence-corrected chi connectivity index (χ3v) is 7.29. The molecule has 2 saturated heterocycles. The number of phenols is 4. The Morgan fingerprint density at radius 1 is 0.744 bits per heavy atom. The molecule has 0 unspecified atom stereocenters. The minimum atomic E-state index is -1.97. The van der Waals surface area contributed by atoms with Gasteiger partial charge in [-0.15, -0.1) is 0 Å². The van der Waals surface area contributed by atoms with Gasteiger partial charge in [-0.2, -0.15) is 0 Å². The molecule has 16 nitrogen and oxygen atoms in total. The zero-order chi connectivity index (χ0) is 31.3. The summed E-state index contributed by atoms with van der Waals surface area (Å²) in [6.45, 7) is 0.818. The Morgan fingerprint density at radius 2 is 1.42 bits per heavy atom. The first-order valence-electron chi connectivity index (χ1n) is 13.0. The van der Waals surface area contributed by atoms with Crippen LogP contribution in [0.5, 0.6) is 28.7 Å². The molecule has 16 heteroatoms. The van der Waals surface area contributed by atoms with Crippen molar-refractivity contribution in [3.63, 3.8) is 0 Å². The molecule has 234 valence electrons. The van der Waals surface area contributed by atoms with Crippen LogP contribution in [-0.2, 0) is 14.2 Å². The molecule has 2 aliphatic heterocycles. The highest BCUT2D eigenvalue weighted by Gasteiger charge is 2.47. The molecule has 1 aromatic heterocycles. The second kappa shape index (κ2) is 11.8. The summed E-state index contributed by atoms with van der Waals surface area (Å²) >= 11 is 0. The molecule has 43 heavy (non-hydrogen) atoms. The number of hydrogen-bond donors (Lipinski definition) is 10. The van der Waals surface area contributed by atoms with Gasteiger partial charge >= 0.3 is 0 Å². The van der Waals surface area contributed by atoms with E-state index in [0.717, 1.165) is 24.3 Å². The molecule has 10 N–H and O–H groups in total. The lowest BCUT2D eigenvalue weighted by atomic mass is 9.98. The van der Waals surface area contributed by atoms with Gasteiger partial charge in [0, 0.05) is 17.7 Å². The van der Waals surface area contributed by atoms with E-state index in [-0.39, 0.29) is 11.1 Å². The zero-order valence-electron chi connectivity index (χ0n) is 22.3. The second-order valence-electron chi connectivity index (χ2n) is 10.3. The number of aromatic hydroxyl groups is 4. The van der Waals surface area contributed by atoms with Crippen molar-refractivity contribution >= 4 is 11.0 Å². The van der Waals surface area contributed by atoms with Gasteiger partial charge in [0.2, 0.25) is 17.5 Å². The molecule has 3 aromatic rings. The van der Waals surface area contributed by atoms with Gasteiger partial charge in [0.15, 0.2) is 23.5 Å². The Labute approximate surface area is 241 Å². The SMILES string of the molecule is C[C@@H]1O[C@@H](OC[C@@H]2O[C@@H](Oc3c(-c4ccc(O)c(O)c4)oc4cc(O)cc(O)c4c3=O)[C@@H](O)[C@H](O)[C@@H]2O)[C@H](O)[C@H](O)[C@H]1O. The van der Waals surface area contributed by atoms with Crippen LogP contribution in [0.3, 0.4) is 0 Å². The lowest BCUT2D eigenvalue weighted by molar-refractivity contribution is -0.318. The van der Waals surface area contributed by atoms with E-state index in [1.54, 1.807) is 0 Å². The Morgan fingerprint density at radius 3 is 2.12 bits per heavy atom. The first kappa shape index (κ1) is 30.7. The van der Waals surface area contributed by atoms with Gasteiger partial charge < -0.3 is 74.4 Å². The predicted molar refractivity (Wildman–Crippen MR) is 140 cm³/mol. The number of aliphatic hydroxyl groups excluding tert-OH is 6. The van der Waals surface area contributed by atoms with Crippen molar-refractivity contribution in [2.24, 2.45) is 0 Å². The average molecular weight is 611 g/mol. The van der Waals surface area contributed by atoms with Crippen LogP contribution >= 0.6 is 0 Å². The van der Waals surface area contributed by atoms with E-state index in [4.69, 9.17) is 23.4 Å². The van der Waals surface area contributed by atoms with Crippen LogP contribution < -0.4 is 10.2 Å². The molecule has 5 rings (SSSR count). The molecule has 3 heterocycles. The van der Waals surface area contributed by atoms with Crippen molar-refractivity contribution < 1.29 is 74.4 Å². The minimum Gasteiger partial charge on any atom is -0.508 e. The zero-order valence-corrected chi connectivity index (χ0v) is 22.3. The molecule has 0 saturated carbocycles. The van der Waals surface area contributed by atoms with E-state index in [1.807, 2.05) is 0 Å². The van der Waals surface area contributed by atoms with Crippen molar-refractivity contribution in [1.29, 1.82) is 0 Å². The van der Waals surface area contributed by atoms with Crippen LogP contribution in [0, 0.1) is 0 Å². The average Bonchev–Trinajstić information content (AvgIpc) is 2.96.